The maximum Gasteiger partial charge on any atom is 0.445 e. The van der Waals surface area contributed by atoms with E-state index in [0.717, 1.165) is 0 Å². The number of allylic oxidation sites excluding steroid dienone is 3. The van der Waals surface area contributed by atoms with Crippen LogP contribution in [0, 0.1) is 0 Å². The normalized spacial score (nSPS) is 15.5. The number of alkyl halides is 3. The van der Waals surface area contributed by atoms with Crippen molar-refractivity contribution >= 4 is 0 Å². The summed E-state index contributed by atoms with van der Waals surface area (Å²) in [6.45, 7) is 0. The topological polar surface area (TPSA) is 0 Å². The summed E-state index contributed by atoms with van der Waals surface area (Å²) >= 11 is 0. The van der Waals surface area contributed by atoms with E-state index in [2.05, 4.69) is 0 Å². The molecular weight excluding hydrogens is 174 g/mol. The van der Waals surface area contributed by atoms with Crippen molar-refractivity contribution in [2.45, 2.75) is 6.18 Å². The third-order valence-corrected chi connectivity index (χ3v) is 0.668. The molecule has 0 nitrogen and oxygen atoms in total. The van der Waals surface area contributed by atoms with Gasteiger partial charge in [0.1, 0.15) is 0 Å². The molecule has 0 aromatic carbocycles. The second kappa shape index (κ2) is 3.45. The van der Waals surface area contributed by atoms with Gasteiger partial charge in [0.15, 0.2) is 5.83 Å². The number of hydrogen-bond acceptors (Lipinski definition) is 0. The van der Waals surface area contributed by atoms with Gasteiger partial charge in [0.25, 0.3) is 0 Å². The van der Waals surface area contributed by atoms with E-state index < -0.39 is 24.2 Å². The van der Waals surface area contributed by atoms with Crippen molar-refractivity contribution in [3.8, 4) is 0 Å². The van der Waals surface area contributed by atoms with Crippen molar-refractivity contribution in [2.24, 2.45) is 0 Å². The predicted molar refractivity (Wildman–Crippen MR) is 25.5 cm³/mol. The highest BCUT2D eigenvalue weighted by Gasteiger charge is 2.37. The van der Waals surface area contributed by atoms with Crippen LogP contribution >= 0.6 is 0 Å². The van der Waals surface area contributed by atoms with Gasteiger partial charge in [-0.15, -0.1) is 0 Å². The summed E-state index contributed by atoms with van der Waals surface area (Å²) in [4.78, 5) is 0. The van der Waals surface area contributed by atoms with E-state index >= 15 is 0 Å². The van der Waals surface area contributed by atoms with Gasteiger partial charge in [-0.25, -0.2) is 8.78 Å². The Balaban J connectivity index is 4.67. The maximum atomic E-state index is 11.8. The van der Waals surface area contributed by atoms with E-state index in [1.165, 1.54) is 0 Å². The fourth-order valence-corrected chi connectivity index (χ4v) is 0.264. The zero-order valence-corrected chi connectivity index (χ0v) is 4.92. The molecule has 0 aromatic heterocycles. The Bertz CT molecular complexity index is 186. The van der Waals surface area contributed by atoms with Gasteiger partial charge in [-0.1, -0.05) is 0 Å². The molecule has 11 heavy (non-hydrogen) atoms. The minimum absolute atomic E-state index is 0.261. The largest absolute Gasteiger partial charge is 0.445 e. The number of hydrogen-bond donors (Lipinski definition) is 0. The van der Waals surface area contributed by atoms with Gasteiger partial charge in [0.05, 0.1) is 6.33 Å². The van der Waals surface area contributed by atoms with E-state index in [1.807, 2.05) is 0 Å². The molecule has 0 spiro atoms. The maximum absolute atomic E-state index is 11.8. The molecule has 0 bridgehead atoms. The number of halogens is 6. The Morgan fingerprint density at radius 2 is 1.55 bits per heavy atom. The van der Waals surface area contributed by atoms with E-state index in [4.69, 9.17) is 0 Å². The Labute approximate surface area is 57.8 Å². The van der Waals surface area contributed by atoms with Crippen LogP contribution in [0.3, 0.4) is 0 Å². The molecule has 0 amide bonds. The lowest BCUT2D eigenvalue weighted by atomic mass is 10.4. The van der Waals surface area contributed by atoms with Gasteiger partial charge in [-0.3, -0.25) is 0 Å². The van der Waals surface area contributed by atoms with Crippen molar-refractivity contribution in [1.82, 2.24) is 0 Å². The first-order valence-electron chi connectivity index (χ1n) is 2.29. The van der Waals surface area contributed by atoms with Crippen LogP contribution in [0.4, 0.5) is 26.3 Å². The van der Waals surface area contributed by atoms with Gasteiger partial charge in [0.2, 0.25) is 5.83 Å². The smallest absolute Gasteiger partial charge is 0.215 e. The summed E-state index contributed by atoms with van der Waals surface area (Å²) in [5.41, 5.74) is 0. The molecule has 0 aliphatic rings. The fourth-order valence-electron chi connectivity index (χ4n) is 0.264. The van der Waals surface area contributed by atoms with Crippen LogP contribution in [-0.2, 0) is 0 Å². The molecule has 0 aliphatic carbocycles. The second-order valence-corrected chi connectivity index (χ2v) is 1.45. The summed E-state index contributed by atoms with van der Waals surface area (Å²) in [7, 11) is 0. The van der Waals surface area contributed by atoms with Crippen molar-refractivity contribution in [1.29, 1.82) is 0 Å². The zero-order valence-electron chi connectivity index (χ0n) is 4.92. The van der Waals surface area contributed by atoms with Gasteiger partial charge in [-0.2, -0.15) is 17.6 Å². The average Bonchev–Trinajstić information content (AvgIpc) is 1.85. The number of rotatable bonds is 1. The lowest BCUT2D eigenvalue weighted by molar-refractivity contribution is -0.110. The molecule has 0 saturated carbocycles. The molecule has 0 aromatic rings. The van der Waals surface area contributed by atoms with Gasteiger partial charge in [0, 0.05) is 6.08 Å². The molecule has 0 N–H and O–H groups in total. The van der Waals surface area contributed by atoms with Crippen LogP contribution in [0.1, 0.15) is 0 Å². The molecule has 0 radical (unpaired) electrons. The van der Waals surface area contributed by atoms with Gasteiger partial charge in [-0.05, 0) is 0 Å². The van der Waals surface area contributed by atoms with E-state index in [1.54, 1.807) is 0 Å². The first-order valence-corrected chi connectivity index (χ1v) is 2.29. The highest BCUT2D eigenvalue weighted by molar-refractivity contribution is 5.16. The Morgan fingerprint density at radius 1 is 1.09 bits per heavy atom. The molecule has 6 heteroatoms. The van der Waals surface area contributed by atoms with Crippen molar-refractivity contribution < 1.29 is 26.3 Å². The highest BCUT2D eigenvalue weighted by atomic mass is 19.4. The Morgan fingerprint density at radius 3 is 1.82 bits per heavy atom. The minimum Gasteiger partial charge on any atom is -0.215 e. The molecule has 0 heterocycles. The monoisotopic (exact) mass is 176 g/mol. The summed E-state index contributed by atoms with van der Waals surface area (Å²) in [6.07, 6.45) is -6.19. The molecule has 0 saturated heterocycles. The van der Waals surface area contributed by atoms with Crippen molar-refractivity contribution in [3.05, 3.63) is 24.1 Å². The van der Waals surface area contributed by atoms with E-state index in [0.29, 0.717) is 0 Å². The van der Waals surface area contributed by atoms with Crippen LogP contribution in [0.5, 0.6) is 0 Å². The predicted octanol–water partition coefficient (Wildman–Crippen LogP) is 3.18. The molecule has 0 rings (SSSR count). The summed E-state index contributed by atoms with van der Waals surface area (Å²) in [6, 6.07) is 0. The molecule has 64 valence electrons. The standard InChI is InChI=1S/C5H2F6/c6-2-1-3(7)4(8)5(9,10)11/h1-2H. The fraction of sp³-hybridized carbons (Fsp3) is 0.200. The quantitative estimate of drug-likeness (QED) is 0.425. The summed E-state index contributed by atoms with van der Waals surface area (Å²) in [5.74, 6) is -5.22. The van der Waals surface area contributed by atoms with Crippen LogP contribution in [0.15, 0.2) is 24.1 Å². The molecular formula is C5H2F6. The van der Waals surface area contributed by atoms with E-state index in [9.17, 15) is 26.3 Å². The summed E-state index contributed by atoms with van der Waals surface area (Å²) in [5, 5.41) is 0. The van der Waals surface area contributed by atoms with Gasteiger partial charge < -0.3 is 0 Å². The lowest BCUT2D eigenvalue weighted by Gasteiger charge is -2.01. The Hall–Kier alpha value is -0.940. The lowest BCUT2D eigenvalue weighted by Crippen LogP contribution is -2.08. The van der Waals surface area contributed by atoms with Crippen LogP contribution in [0.2, 0.25) is 0 Å². The van der Waals surface area contributed by atoms with Crippen LogP contribution in [-0.4, -0.2) is 6.18 Å². The van der Waals surface area contributed by atoms with E-state index in [-0.39, 0.29) is 6.08 Å². The minimum atomic E-state index is -5.40. The first-order chi connectivity index (χ1) is 4.89. The second-order valence-electron chi connectivity index (χ2n) is 1.45. The molecule has 0 fully saturated rings. The van der Waals surface area contributed by atoms with Crippen molar-refractivity contribution in [2.75, 3.05) is 0 Å². The summed E-state index contributed by atoms with van der Waals surface area (Å²) < 4.78 is 68.0. The average molecular weight is 176 g/mol. The van der Waals surface area contributed by atoms with Crippen molar-refractivity contribution in [3.63, 3.8) is 0 Å². The van der Waals surface area contributed by atoms with Gasteiger partial charge >= 0.3 is 6.18 Å². The zero-order chi connectivity index (χ0) is 9.07. The SMILES string of the molecule is FC=CC(F)=C(F)C(F)(F)F. The third kappa shape index (κ3) is 3.10. The van der Waals surface area contributed by atoms with Crippen LogP contribution in [0.25, 0.3) is 0 Å². The first kappa shape index (κ1) is 10.1. The molecule has 0 aliphatic heterocycles. The third-order valence-electron chi connectivity index (χ3n) is 0.668. The highest BCUT2D eigenvalue weighted by Crippen LogP contribution is 2.29. The molecule has 0 unspecified atom stereocenters. The Kier molecular flexibility index (Phi) is 3.16. The molecule has 0 atom stereocenters. The van der Waals surface area contributed by atoms with Crippen LogP contribution < -0.4 is 0 Å².